The Kier molecular flexibility index (Phi) is 5.39. The lowest BCUT2D eigenvalue weighted by molar-refractivity contribution is -0.150. The first-order chi connectivity index (χ1) is 10.4. The number of likely N-dealkylation sites (tertiary alicyclic amines) is 1. The molecule has 0 aliphatic carbocycles. The van der Waals surface area contributed by atoms with Crippen molar-refractivity contribution in [3.8, 4) is 0 Å². The van der Waals surface area contributed by atoms with Crippen LogP contribution in [0.3, 0.4) is 0 Å². The molecule has 3 atom stereocenters. The summed E-state index contributed by atoms with van der Waals surface area (Å²) in [5.74, 6) is -1.52. The van der Waals surface area contributed by atoms with Crippen molar-refractivity contribution in [3.05, 3.63) is 0 Å². The van der Waals surface area contributed by atoms with E-state index in [1.165, 1.54) is 4.90 Å². The Morgan fingerprint density at radius 1 is 1.23 bits per heavy atom. The molecule has 2 rings (SSSR count). The van der Waals surface area contributed by atoms with Crippen LogP contribution in [0.25, 0.3) is 0 Å². The zero-order valence-electron chi connectivity index (χ0n) is 13.2. The first kappa shape index (κ1) is 16.7. The van der Waals surface area contributed by atoms with Gasteiger partial charge in [0.15, 0.2) is 0 Å². The molecular formula is C15H25N3O4. The summed E-state index contributed by atoms with van der Waals surface area (Å²) < 4.78 is 0. The second-order valence-corrected chi connectivity index (χ2v) is 6.41. The molecule has 2 heterocycles. The number of aliphatic carboxylic acids is 1. The maximum absolute atomic E-state index is 12.7. The van der Waals surface area contributed by atoms with Crippen LogP contribution >= 0.6 is 0 Å². The molecule has 124 valence electrons. The molecule has 0 spiro atoms. The zero-order valence-corrected chi connectivity index (χ0v) is 13.2. The fraction of sp³-hybridized carbons (Fsp3) is 0.800. The van der Waals surface area contributed by atoms with Crippen LogP contribution in [-0.4, -0.2) is 59.0 Å². The van der Waals surface area contributed by atoms with E-state index in [1.54, 1.807) is 0 Å². The predicted molar refractivity (Wildman–Crippen MR) is 80.2 cm³/mol. The number of amides is 2. The van der Waals surface area contributed by atoms with Gasteiger partial charge in [0.25, 0.3) is 0 Å². The van der Waals surface area contributed by atoms with Crippen LogP contribution in [0.2, 0.25) is 0 Å². The van der Waals surface area contributed by atoms with Crippen molar-refractivity contribution in [1.82, 2.24) is 15.5 Å². The molecule has 0 bridgehead atoms. The Morgan fingerprint density at radius 3 is 2.50 bits per heavy atom. The molecule has 3 N–H and O–H groups in total. The second-order valence-electron chi connectivity index (χ2n) is 6.41. The molecule has 0 saturated carbocycles. The Hall–Kier alpha value is -1.63. The van der Waals surface area contributed by atoms with Crippen LogP contribution < -0.4 is 10.6 Å². The third-order valence-electron chi connectivity index (χ3n) is 4.43. The fourth-order valence-electron chi connectivity index (χ4n) is 3.14. The lowest BCUT2D eigenvalue weighted by Crippen LogP contribution is -2.56. The Morgan fingerprint density at radius 2 is 1.95 bits per heavy atom. The van der Waals surface area contributed by atoms with Crippen molar-refractivity contribution >= 4 is 17.8 Å². The third-order valence-corrected chi connectivity index (χ3v) is 4.43. The van der Waals surface area contributed by atoms with E-state index in [9.17, 15) is 19.5 Å². The summed E-state index contributed by atoms with van der Waals surface area (Å²) in [6.45, 7) is 4.97. The van der Waals surface area contributed by atoms with Gasteiger partial charge in [0.05, 0.1) is 6.04 Å². The molecule has 0 radical (unpaired) electrons. The second kappa shape index (κ2) is 7.09. The first-order valence-electron chi connectivity index (χ1n) is 7.99. The van der Waals surface area contributed by atoms with E-state index in [1.807, 2.05) is 13.8 Å². The van der Waals surface area contributed by atoms with E-state index in [-0.39, 0.29) is 23.8 Å². The van der Waals surface area contributed by atoms with Gasteiger partial charge in [-0.2, -0.15) is 0 Å². The molecule has 2 aliphatic rings. The maximum Gasteiger partial charge on any atom is 0.326 e. The average molecular weight is 311 g/mol. The minimum absolute atomic E-state index is 0.0899. The standard InChI is InChI=1S/C15H25N3O4/c1-9(2)12(17-13(19)10-5-3-7-16-10)14(20)18-8-4-6-11(18)15(21)22/h9-12,16H,3-8H2,1-2H3,(H,17,19)(H,21,22). The summed E-state index contributed by atoms with van der Waals surface area (Å²) in [7, 11) is 0. The van der Waals surface area contributed by atoms with Gasteiger partial charge in [0.2, 0.25) is 11.8 Å². The first-order valence-corrected chi connectivity index (χ1v) is 7.99. The number of hydrogen-bond acceptors (Lipinski definition) is 4. The number of carbonyl (C=O) groups is 3. The fourth-order valence-corrected chi connectivity index (χ4v) is 3.14. The van der Waals surface area contributed by atoms with E-state index in [2.05, 4.69) is 10.6 Å². The van der Waals surface area contributed by atoms with Gasteiger partial charge >= 0.3 is 5.97 Å². The van der Waals surface area contributed by atoms with Gasteiger partial charge in [0, 0.05) is 6.54 Å². The largest absolute Gasteiger partial charge is 0.480 e. The van der Waals surface area contributed by atoms with Gasteiger partial charge in [-0.1, -0.05) is 13.8 Å². The molecule has 0 aromatic rings. The lowest BCUT2D eigenvalue weighted by Gasteiger charge is -2.30. The summed E-state index contributed by atoms with van der Waals surface area (Å²) in [5, 5.41) is 15.1. The van der Waals surface area contributed by atoms with Crippen LogP contribution in [0.4, 0.5) is 0 Å². The van der Waals surface area contributed by atoms with Gasteiger partial charge in [-0.15, -0.1) is 0 Å². The lowest BCUT2D eigenvalue weighted by atomic mass is 10.0. The Bertz CT molecular complexity index is 446. The van der Waals surface area contributed by atoms with Crippen molar-refractivity contribution in [2.75, 3.05) is 13.1 Å². The highest BCUT2D eigenvalue weighted by molar-refractivity contribution is 5.92. The van der Waals surface area contributed by atoms with E-state index in [4.69, 9.17) is 0 Å². The smallest absolute Gasteiger partial charge is 0.326 e. The summed E-state index contributed by atoms with van der Waals surface area (Å²) in [4.78, 5) is 37.6. The molecular weight excluding hydrogens is 286 g/mol. The average Bonchev–Trinajstić information content (AvgIpc) is 3.13. The van der Waals surface area contributed by atoms with Crippen LogP contribution in [0.15, 0.2) is 0 Å². The van der Waals surface area contributed by atoms with Gasteiger partial charge in [-0.3, -0.25) is 9.59 Å². The minimum atomic E-state index is -0.975. The molecule has 2 amide bonds. The number of rotatable bonds is 5. The van der Waals surface area contributed by atoms with Gasteiger partial charge in [0.1, 0.15) is 12.1 Å². The Balaban J connectivity index is 2.05. The van der Waals surface area contributed by atoms with Crippen molar-refractivity contribution in [2.45, 2.75) is 57.7 Å². The SMILES string of the molecule is CC(C)C(NC(=O)C1CCCN1)C(=O)N1CCCC1C(=O)O. The third kappa shape index (κ3) is 3.58. The molecule has 7 heteroatoms. The van der Waals surface area contributed by atoms with E-state index < -0.39 is 18.1 Å². The quantitative estimate of drug-likeness (QED) is 0.661. The summed E-state index contributed by atoms with van der Waals surface area (Å²) in [6, 6.07) is -1.69. The van der Waals surface area contributed by atoms with Gasteiger partial charge < -0.3 is 20.6 Å². The number of carboxylic acids is 1. The summed E-state index contributed by atoms with van der Waals surface area (Å²) >= 11 is 0. The number of nitrogens with zero attached hydrogens (tertiary/aromatic N) is 1. The van der Waals surface area contributed by atoms with Crippen molar-refractivity contribution in [1.29, 1.82) is 0 Å². The minimum Gasteiger partial charge on any atom is -0.480 e. The molecule has 2 fully saturated rings. The van der Waals surface area contributed by atoms with Gasteiger partial charge in [-0.25, -0.2) is 4.79 Å². The van der Waals surface area contributed by atoms with Crippen molar-refractivity contribution in [2.24, 2.45) is 5.92 Å². The molecule has 2 aliphatic heterocycles. The normalized spacial score (nSPS) is 26.2. The Labute approximate surface area is 130 Å². The number of hydrogen-bond donors (Lipinski definition) is 3. The highest BCUT2D eigenvalue weighted by Gasteiger charge is 2.39. The molecule has 7 nitrogen and oxygen atoms in total. The highest BCUT2D eigenvalue weighted by Crippen LogP contribution is 2.20. The van der Waals surface area contributed by atoms with Crippen LogP contribution in [0, 0.1) is 5.92 Å². The summed E-state index contributed by atoms with van der Waals surface area (Å²) in [5.41, 5.74) is 0. The van der Waals surface area contributed by atoms with Crippen LogP contribution in [-0.2, 0) is 14.4 Å². The van der Waals surface area contributed by atoms with Crippen molar-refractivity contribution in [3.63, 3.8) is 0 Å². The van der Waals surface area contributed by atoms with Crippen molar-refractivity contribution < 1.29 is 19.5 Å². The van der Waals surface area contributed by atoms with E-state index >= 15 is 0 Å². The van der Waals surface area contributed by atoms with Crippen LogP contribution in [0.5, 0.6) is 0 Å². The van der Waals surface area contributed by atoms with Gasteiger partial charge in [-0.05, 0) is 38.1 Å². The van der Waals surface area contributed by atoms with Crippen LogP contribution in [0.1, 0.15) is 39.5 Å². The predicted octanol–water partition coefficient (Wildman–Crippen LogP) is -0.0452. The number of carboxylic acid groups (broad SMARTS) is 1. The zero-order chi connectivity index (χ0) is 16.3. The molecule has 2 saturated heterocycles. The number of nitrogens with one attached hydrogen (secondary N) is 2. The maximum atomic E-state index is 12.7. The molecule has 22 heavy (non-hydrogen) atoms. The molecule has 0 aromatic carbocycles. The topological polar surface area (TPSA) is 98.7 Å². The summed E-state index contributed by atoms with van der Waals surface area (Å²) in [6.07, 6.45) is 2.88. The number of carbonyl (C=O) groups excluding carboxylic acids is 2. The van der Waals surface area contributed by atoms with E-state index in [0.717, 1.165) is 19.4 Å². The molecule has 3 unspecified atom stereocenters. The monoisotopic (exact) mass is 311 g/mol. The highest BCUT2D eigenvalue weighted by atomic mass is 16.4. The molecule has 0 aromatic heterocycles. The van der Waals surface area contributed by atoms with E-state index in [0.29, 0.717) is 19.4 Å².